The summed E-state index contributed by atoms with van der Waals surface area (Å²) >= 11 is 1.53. The first kappa shape index (κ1) is 15.7. The summed E-state index contributed by atoms with van der Waals surface area (Å²) in [6.07, 6.45) is 4.27. The number of aromatic nitrogens is 1. The highest BCUT2D eigenvalue weighted by molar-refractivity contribution is 7.13. The Balaban J connectivity index is 1.40. The molecule has 22 heavy (non-hydrogen) atoms. The van der Waals surface area contributed by atoms with Crippen molar-refractivity contribution in [2.24, 2.45) is 0 Å². The van der Waals surface area contributed by atoms with Gasteiger partial charge in [-0.3, -0.25) is 9.69 Å². The van der Waals surface area contributed by atoms with Crippen LogP contribution in [0, 0.1) is 0 Å². The van der Waals surface area contributed by atoms with E-state index in [0.717, 1.165) is 31.3 Å². The van der Waals surface area contributed by atoms with Gasteiger partial charge in [0.2, 0.25) is 5.91 Å². The molecule has 0 saturated carbocycles. The number of carbonyl (C=O) groups excluding carboxylic acids is 1. The maximum absolute atomic E-state index is 12.2. The van der Waals surface area contributed by atoms with Crippen molar-refractivity contribution in [3.05, 3.63) is 11.6 Å². The van der Waals surface area contributed by atoms with Crippen LogP contribution in [-0.4, -0.2) is 84.5 Å². The van der Waals surface area contributed by atoms with Gasteiger partial charge in [-0.15, -0.1) is 11.3 Å². The largest absolute Gasteiger partial charge is 0.352 e. The molecule has 2 aliphatic heterocycles. The number of hydrogen-bond donors (Lipinski definition) is 1. The molecule has 0 radical (unpaired) electrons. The van der Waals surface area contributed by atoms with Crippen molar-refractivity contribution in [1.82, 2.24) is 19.7 Å². The van der Waals surface area contributed by atoms with Crippen LogP contribution in [-0.2, 0) is 4.79 Å². The Hall–Kier alpha value is -1.18. The lowest BCUT2D eigenvalue weighted by molar-refractivity contribution is -0.131. The number of nitrogens with zero attached hydrogens (tertiary/aromatic N) is 4. The highest BCUT2D eigenvalue weighted by Crippen LogP contribution is 2.17. The minimum absolute atomic E-state index is 0.179. The number of likely N-dealkylation sites (tertiary alicyclic amines) is 1. The molecule has 7 heteroatoms. The minimum atomic E-state index is 0.179. The van der Waals surface area contributed by atoms with Crippen molar-refractivity contribution in [2.45, 2.75) is 18.9 Å². The van der Waals surface area contributed by atoms with Crippen molar-refractivity contribution in [2.75, 3.05) is 58.2 Å². The van der Waals surface area contributed by atoms with E-state index in [2.05, 4.69) is 27.1 Å². The lowest BCUT2D eigenvalue weighted by atomic mass is 10.0. The second-order valence-corrected chi connectivity index (χ2v) is 7.04. The molecule has 2 saturated heterocycles. The minimum Gasteiger partial charge on any atom is -0.352 e. The van der Waals surface area contributed by atoms with Crippen molar-refractivity contribution in [1.29, 1.82) is 0 Å². The number of piperidine rings is 1. The van der Waals surface area contributed by atoms with E-state index in [1.807, 2.05) is 10.3 Å². The predicted octanol–water partition coefficient (Wildman–Crippen LogP) is 0.793. The summed E-state index contributed by atoms with van der Waals surface area (Å²) < 4.78 is 0. The molecule has 3 heterocycles. The van der Waals surface area contributed by atoms with E-state index in [1.165, 1.54) is 37.3 Å². The van der Waals surface area contributed by atoms with Gasteiger partial charge in [-0.2, -0.15) is 0 Å². The number of amides is 1. The molecule has 1 N–H and O–H groups in total. The fraction of sp³-hybridized carbons (Fsp3) is 0.733. The van der Waals surface area contributed by atoms with E-state index < -0.39 is 0 Å². The first-order chi connectivity index (χ1) is 10.7. The second kappa shape index (κ2) is 7.39. The molecule has 0 aliphatic carbocycles. The summed E-state index contributed by atoms with van der Waals surface area (Å²) in [4.78, 5) is 23.3. The Morgan fingerprint density at radius 3 is 2.64 bits per heavy atom. The molecule has 6 nitrogen and oxygen atoms in total. The standard InChI is InChI=1S/C15H25N5OS/c1-18-5-2-13(3-6-18)19-7-9-20(10-8-19)14(21)12-17-15-16-4-11-22-15/h4,11,13H,2-3,5-10,12H2,1H3,(H,16,17). The lowest BCUT2D eigenvalue weighted by Gasteiger charge is -2.42. The summed E-state index contributed by atoms with van der Waals surface area (Å²) in [5, 5.41) is 5.83. The zero-order valence-electron chi connectivity index (χ0n) is 13.2. The lowest BCUT2D eigenvalue weighted by Crippen LogP contribution is -2.54. The molecule has 0 aromatic carbocycles. The van der Waals surface area contributed by atoms with Crippen LogP contribution in [0.3, 0.4) is 0 Å². The third kappa shape index (κ3) is 3.97. The van der Waals surface area contributed by atoms with E-state index in [4.69, 9.17) is 0 Å². The highest BCUT2D eigenvalue weighted by Gasteiger charge is 2.27. The van der Waals surface area contributed by atoms with E-state index in [0.29, 0.717) is 12.6 Å². The number of rotatable bonds is 4. The van der Waals surface area contributed by atoms with Gasteiger partial charge < -0.3 is 15.1 Å². The van der Waals surface area contributed by atoms with Gasteiger partial charge in [0.25, 0.3) is 0 Å². The van der Waals surface area contributed by atoms with Crippen LogP contribution < -0.4 is 5.32 Å². The van der Waals surface area contributed by atoms with Crippen LogP contribution in [0.25, 0.3) is 0 Å². The topological polar surface area (TPSA) is 51.7 Å². The number of anilines is 1. The van der Waals surface area contributed by atoms with Gasteiger partial charge in [-0.1, -0.05) is 0 Å². The maximum atomic E-state index is 12.2. The van der Waals surface area contributed by atoms with Crippen LogP contribution in [0.4, 0.5) is 5.13 Å². The van der Waals surface area contributed by atoms with Gasteiger partial charge in [-0.05, 0) is 33.0 Å². The van der Waals surface area contributed by atoms with Gasteiger partial charge in [0.15, 0.2) is 5.13 Å². The number of hydrogen-bond acceptors (Lipinski definition) is 6. The molecule has 1 amide bonds. The normalized spacial score (nSPS) is 22.0. The SMILES string of the molecule is CN1CCC(N2CCN(C(=O)CNc3nccs3)CC2)CC1. The third-order valence-electron chi connectivity index (χ3n) is 4.69. The van der Waals surface area contributed by atoms with E-state index in [-0.39, 0.29) is 5.91 Å². The molecule has 0 unspecified atom stereocenters. The van der Waals surface area contributed by atoms with Gasteiger partial charge in [0, 0.05) is 43.8 Å². The third-order valence-corrected chi connectivity index (χ3v) is 5.43. The molecular weight excluding hydrogens is 298 g/mol. The van der Waals surface area contributed by atoms with Crippen LogP contribution >= 0.6 is 11.3 Å². The van der Waals surface area contributed by atoms with Crippen molar-refractivity contribution >= 4 is 22.4 Å². The average Bonchev–Trinajstić information content (AvgIpc) is 3.07. The summed E-state index contributed by atoms with van der Waals surface area (Å²) in [5.41, 5.74) is 0. The molecule has 1 aromatic rings. The first-order valence-corrected chi connectivity index (χ1v) is 8.94. The summed E-state index contributed by atoms with van der Waals surface area (Å²) in [5.74, 6) is 0.179. The molecule has 0 spiro atoms. The molecule has 2 aliphatic rings. The van der Waals surface area contributed by atoms with Crippen LogP contribution in [0.2, 0.25) is 0 Å². The van der Waals surface area contributed by atoms with Crippen molar-refractivity contribution in [3.8, 4) is 0 Å². The maximum Gasteiger partial charge on any atom is 0.242 e. The number of nitrogens with one attached hydrogen (secondary N) is 1. The quantitative estimate of drug-likeness (QED) is 0.888. The number of thiazole rings is 1. The fourth-order valence-electron chi connectivity index (χ4n) is 3.27. The molecule has 1 aromatic heterocycles. The summed E-state index contributed by atoms with van der Waals surface area (Å²) in [7, 11) is 2.20. The smallest absolute Gasteiger partial charge is 0.242 e. The van der Waals surface area contributed by atoms with Crippen LogP contribution in [0.1, 0.15) is 12.8 Å². The van der Waals surface area contributed by atoms with Gasteiger partial charge in [0.1, 0.15) is 0 Å². The van der Waals surface area contributed by atoms with Gasteiger partial charge >= 0.3 is 0 Å². The average molecular weight is 323 g/mol. The van der Waals surface area contributed by atoms with Gasteiger partial charge in [0.05, 0.1) is 6.54 Å². The van der Waals surface area contributed by atoms with Crippen molar-refractivity contribution in [3.63, 3.8) is 0 Å². The number of piperazine rings is 1. The zero-order chi connectivity index (χ0) is 15.4. The van der Waals surface area contributed by atoms with E-state index >= 15 is 0 Å². The molecule has 0 atom stereocenters. The number of carbonyl (C=O) groups is 1. The Kier molecular flexibility index (Phi) is 5.28. The molecule has 0 bridgehead atoms. The van der Waals surface area contributed by atoms with Crippen LogP contribution in [0.15, 0.2) is 11.6 Å². The Morgan fingerprint density at radius 2 is 2.00 bits per heavy atom. The Bertz CT molecular complexity index is 464. The predicted molar refractivity (Wildman–Crippen MR) is 89.3 cm³/mol. The zero-order valence-corrected chi connectivity index (χ0v) is 14.0. The summed E-state index contributed by atoms with van der Waals surface area (Å²) in [6.45, 7) is 6.47. The van der Waals surface area contributed by atoms with Gasteiger partial charge in [-0.25, -0.2) is 4.98 Å². The van der Waals surface area contributed by atoms with Crippen LogP contribution in [0.5, 0.6) is 0 Å². The van der Waals surface area contributed by atoms with Crippen molar-refractivity contribution < 1.29 is 4.79 Å². The molecular formula is C15H25N5OS. The molecule has 2 fully saturated rings. The Labute approximate surface area is 136 Å². The van der Waals surface area contributed by atoms with E-state index in [1.54, 1.807) is 6.20 Å². The molecule has 3 rings (SSSR count). The molecule has 122 valence electrons. The van der Waals surface area contributed by atoms with E-state index in [9.17, 15) is 4.79 Å². The monoisotopic (exact) mass is 323 g/mol. The second-order valence-electron chi connectivity index (χ2n) is 6.14. The summed E-state index contributed by atoms with van der Waals surface area (Å²) in [6, 6.07) is 0.710. The Morgan fingerprint density at radius 1 is 1.27 bits per heavy atom. The first-order valence-electron chi connectivity index (χ1n) is 8.06. The fourth-order valence-corrected chi connectivity index (χ4v) is 3.80. The highest BCUT2D eigenvalue weighted by atomic mass is 32.1.